The summed E-state index contributed by atoms with van der Waals surface area (Å²) in [6, 6.07) is 7.50. The zero-order chi connectivity index (χ0) is 15.5. The summed E-state index contributed by atoms with van der Waals surface area (Å²) >= 11 is 0. The van der Waals surface area contributed by atoms with Gasteiger partial charge < -0.3 is 5.32 Å². The van der Waals surface area contributed by atoms with E-state index < -0.39 is 10.0 Å². The summed E-state index contributed by atoms with van der Waals surface area (Å²) in [6.07, 6.45) is 3.84. The van der Waals surface area contributed by atoms with Crippen LogP contribution in [0.5, 0.6) is 0 Å². The van der Waals surface area contributed by atoms with Gasteiger partial charge in [-0.15, -0.1) is 0 Å². The quantitative estimate of drug-likeness (QED) is 0.776. The first-order valence-electron chi connectivity index (χ1n) is 7.77. The summed E-state index contributed by atoms with van der Waals surface area (Å²) < 4.78 is 27.7. The van der Waals surface area contributed by atoms with E-state index in [1.807, 2.05) is 19.1 Å². The highest BCUT2D eigenvalue weighted by atomic mass is 32.2. The number of nitrogens with one attached hydrogen (secondary N) is 2. The zero-order valence-corrected chi connectivity index (χ0v) is 14.0. The van der Waals surface area contributed by atoms with Gasteiger partial charge in [0.1, 0.15) is 0 Å². The highest BCUT2D eigenvalue weighted by Crippen LogP contribution is 2.36. The van der Waals surface area contributed by atoms with Gasteiger partial charge in [0.15, 0.2) is 0 Å². The van der Waals surface area contributed by atoms with E-state index in [0.717, 1.165) is 37.8 Å². The van der Waals surface area contributed by atoms with Crippen molar-refractivity contribution in [2.75, 3.05) is 6.54 Å². The molecule has 4 nitrogen and oxygen atoms in total. The lowest BCUT2D eigenvalue weighted by molar-refractivity contribution is 0.517. The highest BCUT2D eigenvalue weighted by molar-refractivity contribution is 7.89. The van der Waals surface area contributed by atoms with E-state index in [1.54, 1.807) is 12.1 Å². The van der Waals surface area contributed by atoms with Gasteiger partial charge in [0.25, 0.3) is 0 Å². The molecule has 0 aromatic heterocycles. The molecule has 1 unspecified atom stereocenters. The summed E-state index contributed by atoms with van der Waals surface area (Å²) in [5, 5.41) is 3.46. The molecule has 1 aromatic carbocycles. The molecule has 118 valence electrons. The Morgan fingerprint density at radius 2 is 2.00 bits per heavy atom. The average Bonchev–Trinajstić information content (AvgIpc) is 3.16. The third kappa shape index (κ3) is 4.28. The van der Waals surface area contributed by atoms with Crippen LogP contribution in [-0.2, 0) is 10.0 Å². The smallest absolute Gasteiger partial charge is 0.241 e. The molecule has 0 heterocycles. The molecular formula is C16H26N2O2S. The summed E-state index contributed by atoms with van der Waals surface area (Å²) in [5.74, 6) is 0. The fraction of sp³-hybridized carbons (Fsp3) is 0.625. The molecule has 0 radical (unpaired) electrons. The lowest BCUT2D eigenvalue weighted by Gasteiger charge is -2.18. The Kier molecular flexibility index (Phi) is 5.07. The van der Waals surface area contributed by atoms with Crippen LogP contribution in [0.25, 0.3) is 0 Å². The van der Waals surface area contributed by atoms with Crippen LogP contribution < -0.4 is 10.0 Å². The summed E-state index contributed by atoms with van der Waals surface area (Å²) in [4.78, 5) is 0.366. The third-order valence-electron chi connectivity index (χ3n) is 4.00. The van der Waals surface area contributed by atoms with Gasteiger partial charge in [-0.2, -0.15) is 0 Å². The first-order valence-corrected chi connectivity index (χ1v) is 9.26. The predicted octanol–water partition coefficient (Wildman–Crippen LogP) is 2.97. The fourth-order valence-corrected chi connectivity index (χ4v) is 3.91. The van der Waals surface area contributed by atoms with Gasteiger partial charge in [-0.1, -0.05) is 26.0 Å². The van der Waals surface area contributed by atoms with Crippen molar-refractivity contribution in [2.24, 2.45) is 0 Å². The van der Waals surface area contributed by atoms with Gasteiger partial charge in [0.2, 0.25) is 10.0 Å². The second kappa shape index (κ2) is 6.46. The Morgan fingerprint density at radius 1 is 1.29 bits per heavy atom. The van der Waals surface area contributed by atoms with Crippen LogP contribution in [-0.4, -0.2) is 20.5 Å². The predicted molar refractivity (Wildman–Crippen MR) is 85.7 cm³/mol. The van der Waals surface area contributed by atoms with Crippen molar-refractivity contribution in [1.82, 2.24) is 10.0 Å². The van der Waals surface area contributed by atoms with Gasteiger partial charge >= 0.3 is 0 Å². The van der Waals surface area contributed by atoms with Gasteiger partial charge in [-0.3, -0.25) is 0 Å². The second-order valence-electron chi connectivity index (χ2n) is 6.15. The van der Waals surface area contributed by atoms with Crippen LogP contribution in [0.2, 0.25) is 0 Å². The van der Waals surface area contributed by atoms with Crippen molar-refractivity contribution < 1.29 is 8.42 Å². The number of sulfonamides is 1. The fourth-order valence-electron chi connectivity index (χ4n) is 2.39. The summed E-state index contributed by atoms with van der Waals surface area (Å²) in [5.41, 5.74) is 0.800. The van der Waals surface area contributed by atoms with E-state index in [4.69, 9.17) is 0 Å². The Hall–Kier alpha value is -0.910. The second-order valence-corrected chi connectivity index (χ2v) is 7.84. The molecule has 0 spiro atoms. The number of rotatable bonds is 8. The molecule has 1 aromatic rings. The van der Waals surface area contributed by atoms with E-state index in [0.29, 0.717) is 4.90 Å². The van der Waals surface area contributed by atoms with E-state index in [1.165, 1.54) is 0 Å². The van der Waals surface area contributed by atoms with E-state index in [9.17, 15) is 8.42 Å². The molecule has 5 heteroatoms. The Labute approximate surface area is 128 Å². The molecule has 1 atom stereocenters. The van der Waals surface area contributed by atoms with Crippen molar-refractivity contribution >= 4 is 10.0 Å². The summed E-state index contributed by atoms with van der Waals surface area (Å²) in [6.45, 7) is 7.12. The van der Waals surface area contributed by atoms with Crippen LogP contribution in [0.3, 0.4) is 0 Å². The van der Waals surface area contributed by atoms with Crippen LogP contribution in [0, 0.1) is 0 Å². The molecule has 0 saturated heterocycles. The van der Waals surface area contributed by atoms with E-state index in [2.05, 4.69) is 23.9 Å². The van der Waals surface area contributed by atoms with Crippen LogP contribution in [0.1, 0.15) is 58.1 Å². The van der Waals surface area contributed by atoms with Crippen LogP contribution in [0.15, 0.2) is 29.2 Å². The molecular weight excluding hydrogens is 284 g/mol. The van der Waals surface area contributed by atoms with Gasteiger partial charge in [-0.25, -0.2) is 13.1 Å². The highest BCUT2D eigenvalue weighted by Gasteiger charge is 2.41. The molecule has 1 aliphatic carbocycles. The van der Waals surface area contributed by atoms with Crippen molar-refractivity contribution in [1.29, 1.82) is 0 Å². The van der Waals surface area contributed by atoms with Crippen molar-refractivity contribution in [3.63, 3.8) is 0 Å². The zero-order valence-electron chi connectivity index (χ0n) is 13.1. The lowest BCUT2D eigenvalue weighted by atomic mass is 10.0. The average molecular weight is 310 g/mol. The first-order chi connectivity index (χ1) is 9.90. The SMILES string of the molecule is CCCNC(CC)c1cccc(S(=O)(=O)NC2(C)CC2)c1. The van der Waals surface area contributed by atoms with Gasteiger partial charge in [0.05, 0.1) is 4.90 Å². The first kappa shape index (κ1) is 16.5. The van der Waals surface area contributed by atoms with Crippen molar-refractivity contribution in [3.8, 4) is 0 Å². The maximum absolute atomic E-state index is 12.4. The van der Waals surface area contributed by atoms with Crippen LogP contribution in [0.4, 0.5) is 0 Å². The molecule has 1 saturated carbocycles. The number of benzene rings is 1. The van der Waals surface area contributed by atoms with E-state index in [-0.39, 0.29) is 11.6 Å². The molecule has 2 N–H and O–H groups in total. The third-order valence-corrected chi connectivity index (χ3v) is 5.64. The van der Waals surface area contributed by atoms with Gasteiger partial charge in [-0.05, 0) is 56.8 Å². The van der Waals surface area contributed by atoms with Crippen molar-refractivity contribution in [2.45, 2.75) is 62.9 Å². The standard InChI is InChI=1S/C16H26N2O2S/c1-4-11-17-15(5-2)13-7-6-8-14(12-13)21(19,20)18-16(3)9-10-16/h6-8,12,15,17-18H,4-5,9-11H2,1-3H3. The lowest BCUT2D eigenvalue weighted by Crippen LogP contribution is -2.34. The monoisotopic (exact) mass is 310 g/mol. The van der Waals surface area contributed by atoms with Crippen molar-refractivity contribution in [3.05, 3.63) is 29.8 Å². The normalized spacial score (nSPS) is 18.4. The van der Waals surface area contributed by atoms with Crippen LogP contribution >= 0.6 is 0 Å². The number of hydrogen-bond donors (Lipinski definition) is 2. The van der Waals surface area contributed by atoms with Gasteiger partial charge in [0, 0.05) is 11.6 Å². The topological polar surface area (TPSA) is 58.2 Å². The summed E-state index contributed by atoms with van der Waals surface area (Å²) in [7, 11) is -3.42. The minimum absolute atomic E-state index is 0.205. The Morgan fingerprint density at radius 3 is 2.57 bits per heavy atom. The molecule has 2 rings (SSSR count). The maximum atomic E-state index is 12.4. The Bertz CT molecular complexity index is 580. The molecule has 0 amide bonds. The van der Waals surface area contributed by atoms with E-state index >= 15 is 0 Å². The minimum Gasteiger partial charge on any atom is -0.310 e. The molecule has 1 aliphatic rings. The molecule has 21 heavy (non-hydrogen) atoms. The largest absolute Gasteiger partial charge is 0.310 e. The molecule has 0 bridgehead atoms. The molecule has 0 aliphatic heterocycles. The Balaban J connectivity index is 2.20. The molecule has 1 fully saturated rings. The number of hydrogen-bond acceptors (Lipinski definition) is 3. The maximum Gasteiger partial charge on any atom is 0.241 e. The minimum atomic E-state index is -3.42.